The summed E-state index contributed by atoms with van der Waals surface area (Å²) in [6.07, 6.45) is 0. The molecule has 1 aromatic carbocycles. The molecule has 0 aliphatic rings. The van der Waals surface area contributed by atoms with E-state index in [-0.39, 0.29) is 18.2 Å². The minimum absolute atomic E-state index is 0.0164. The summed E-state index contributed by atoms with van der Waals surface area (Å²) >= 11 is 5.82. The van der Waals surface area contributed by atoms with Gasteiger partial charge < -0.3 is 9.84 Å². The van der Waals surface area contributed by atoms with Crippen molar-refractivity contribution in [2.24, 2.45) is 0 Å². The highest BCUT2D eigenvalue weighted by molar-refractivity contribution is 6.30. The fourth-order valence-electron chi connectivity index (χ4n) is 1.58. The molecule has 0 aliphatic carbocycles. The van der Waals surface area contributed by atoms with E-state index in [1.807, 2.05) is 0 Å². The number of halogens is 1. The van der Waals surface area contributed by atoms with Gasteiger partial charge in [-0.25, -0.2) is 9.78 Å². The van der Waals surface area contributed by atoms with Gasteiger partial charge in [0.15, 0.2) is 5.69 Å². The second-order valence-corrected chi connectivity index (χ2v) is 4.44. The Morgan fingerprint density at radius 1 is 1.38 bits per heavy atom. The molecule has 1 aromatic heterocycles. The first-order chi connectivity index (χ1) is 9.97. The van der Waals surface area contributed by atoms with Crippen LogP contribution in [0.1, 0.15) is 16.1 Å². The van der Waals surface area contributed by atoms with Crippen LogP contribution >= 0.6 is 11.6 Å². The topological polar surface area (TPSA) is 103 Å². The second kappa shape index (κ2) is 6.19. The van der Waals surface area contributed by atoms with Crippen molar-refractivity contribution in [1.29, 1.82) is 0 Å². The third kappa shape index (κ3) is 3.67. The van der Waals surface area contributed by atoms with E-state index < -0.39 is 16.6 Å². The summed E-state index contributed by atoms with van der Waals surface area (Å²) in [5.41, 5.74) is -0.0527. The van der Waals surface area contributed by atoms with E-state index in [1.54, 1.807) is 24.3 Å². The minimum Gasteiger partial charge on any atom is -0.477 e. The zero-order valence-electron chi connectivity index (χ0n) is 10.5. The van der Waals surface area contributed by atoms with Crippen LogP contribution in [0.4, 0.5) is 5.69 Å². The smallest absolute Gasteiger partial charge is 0.354 e. The van der Waals surface area contributed by atoms with Crippen molar-refractivity contribution in [2.75, 3.05) is 0 Å². The van der Waals surface area contributed by atoms with Gasteiger partial charge in [-0.2, -0.15) is 0 Å². The Balaban J connectivity index is 2.26. The number of carbonyl (C=O) groups is 1. The summed E-state index contributed by atoms with van der Waals surface area (Å²) in [5, 5.41) is 20.2. The van der Waals surface area contributed by atoms with Gasteiger partial charge >= 0.3 is 11.7 Å². The lowest BCUT2D eigenvalue weighted by atomic mass is 10.2. The molecular formula is C13H9ClN2O5. The van der Waals surface area contributed by atoms with Crippen LogP contribution in [0.3, 0.4) is 0 Å². The molecular weight excluding hydrogens is 300 g/mol. The largest absolute Gasteiger partial charge is 0.477 e. The molecule has 2 aromatic rings. The molecule has 1 N–H and O–H groups in total. The van der Waals surface area contributed by atoms with Crippen LogP contribution in [0.15, 0.2) is 36.4 Å². The van der Waals surface area contributed by atoms with E-state index in [4.69, 9.17) is 21.4 Å². The van der Waals surface area contributed by atoms with Gasteiger partial charge in [-0.1, -0.05) is 23.7 Å². The normalized spacial score (nSPS) is 10.1. The van der Waals surface area contributed by atoms with E-state index in [2.05, 4.69) is 4.98 Å². The lowest BCUT2D eigenvalue weighted by Crippen LogP contribution is -2.06. The van der Waals surface area contributed by atoms with E-state index in [9.17, 15) is 14.9 Å². The van der Waals surface area contributed by atoms with E-state index in [0.29, 0.717) is 10.6 Å². The van der Waals surface area contributed by atoms with E-state index in [0.717, 1.165) is 12.1 Å². The molecule has 0 saturated carbocycles. The minimum atomic E-state index is -1.29. The molecule has 7 nitrogen and oxygen atoms in total. The Bertz CT molecular complexity index is 705. The Morgan fingerprint density at radius 3 is 2.76 bits per heavy atom. The highest BCUT2D eigenvalue weighted by Gasteiger charge is 2.20. The molecule has 0 radical (unpaired) electrons. The number of aromatic nitrogens is 1. The summed E-state index contributed by atoms with van der Waals surface area (Å²) in [7, 11) is 0. The summed E-state index contributed by atoms with van der Waals surface area (Å²) in [6, 6.07) is 8.83. The maximum Gasteiger partial charge on any atom is 0.354 e. The maximum absolute atomic E-state index is 10.9. The van der Waals surface area contributed by atoms with Crippen LogP contribution in [-0.2, 0) is 6.61 Å². The van der Waals surface area contributed by atoms with Gasteiger partial charge in [-0.05, 0) is 23.8 Å². The molecule has 1 heterocycles. The van der Waals surface area contributed by atoms with Crippen molar-refractivity contribution in [3.63, 3.8) is 0 Å². The molecule has 0 amide bonds. The monoisotopic (exact) mass is 308 g/mol. The number of hydrogen-bond donors (Lipinski definition) is 1. The van der Waals surface area contributed by atoms with Crippen molar-refractivity contribution < 1.29 is 19.6 Å². The fourth-order valence-corrected chi connectivity index (χ4v) is 1.79. The van der Waals surface area contributed by atoms with Crippen molar-refractivity contribution in [2.45, 2.75) is 6.61 Å². The number of carboxylic acid groups (broad SMARTS) is 1. The zero-order valence-corrected chi connectivity index (χ0v) is 11.3. The third-order valence-corrected chi connectivity index (χ3v) is 2.76. The first-order valence-electron chi connectivity index (χ1n) is 5.73. The number of pyridine rings is 1. The van der Waals surface area contributed by atoms with Crippen molar-refractivity contribution in [3.05, 3.63) is 62.8 Å². The lowest BCUT2D eigenvalue weighted by molar-refractivity contribution is -0.386. The molecule has 2 rings (SSSR count). The predicted molar refractivity (Wildman–Crippen MR) is 73.6 cm³/mol. The first-order valence-corrected chi connectivity index (χ1v) is 6.11. The molecule has 8 heteroatoms. The summed E-state index contributed by atoms with van der Waals surface area (Å²) in [4.78, 5) is 24.7. The summed E-state index contributed by atoms with van der Waals surface area (Å²) in [5.74, 6) is -1.64. The second-order valence-electron chi connectivity index (χ2n) is 4.00. The molecule has 0 unspecified atom stereocenters. The first kappa shape index (κ1) is 14.7. The van der Waals surface area contributed by atoms with Gasteiger partial charge in [-0.3, -0.25) is 10.1 Å². The zero-order chi connectivity index (χ0) is 15.4. The van der Waals surface area contributed by atoms with Crippen molar-refractivity contribution >= 4 is 23.3 Å². The summed E-state index contributed by atoms with van der Waals surface area (Å²) < 4.78 is 5.26. The van der Waals surface area contributed by atoms with Crippen LogP contribution in [0.2, 0.25) is 5.02 Å². The standard InChI is InChI=1S/C13H9ClN2O5/c14-9-3-1-2-8(6-9)7-21-12-11(16(19)20)5-4-10(15-12)13(17)18/h1-6H,7H2,(H,17,18). The molecule has 0 bridgehead atoms. The quantitative estimate of drug-likeness (QED) is 0.673. The van der Waals surface area contributed by atoms with Gasteiger partial charge in [0.05, 0.1) is 4.92 Å². The van der Waals surface area contributed by atoms with Crippen LogP contribution in [0, 0.1) is 10.1 Å². The number of carboxylic acids is 1. The lowest BCUT2D eigenvalue weighted by Gasteiger charge is -2.07. The summed E-state index contributed by atoms with van der Waals surface area (Å²) in [6.45, 7) is -0.0164. The fraction of sp³-hybridized carbons (Fsp3) is 0.0769. The number of hydrogen-bond acceptors (Lipinski definition) is 5. The number of ether oxygens (including phenoxy) is 1. The van der Waals surface area contributed by atoms with Crippen molar-refractivity contribution in [3.8, 4) is 5.88 Å². The van der Waals surface area contributed by atoms with Gasteiger partial charge in [0.25, 0.3) is 5.88 Å². The predicted octanol–water partition coefficient (Wildman–Crippen LogP) is 2.92. The van der Waals surface area contributed by atoms with Crippen LogP contribution in [0.25, 0.3) is 0 Å². The Hall–Kier alpha value is -2.67. The van der Waals surface area contributed by atoms with E-state index in [1.165, 1.54) is 0 Å². The van der Waals surface area contributed by atoms with Crippen LogP contribution in [0.5, 0.6) is 5.88 Å². The van der Waals surface area contributed by atoms with Crippen LogP contribution in [-0.4, -0.2) is 21.0 Å². The SMILES string of the molecule is O=C(O)c1ccc([N+](=O)[O-])c(OCc2cccc(Cl)c2)n1. The Kier molecular flexibility index (Phi) is 4.34. The molecule has 0 fully saturated rings. The van der Waals surface area contributed by atoms with E-state index >= 15 is 0 Å². The highest BCUT2D eigenvalue weighted by atomic mass is 35.5. The Labute approximate surface area is 123 Å². The van der Waals surface area contributed by atoms with Gasteiger partial charge in [0.1, 0.15) is 6.61 Å². The highest BCUT2D eigenvalue weighted by Crippen LogP contribution is 2.25. The van der Waals surface area contributed by atoms with Crippen LogP contribution < -0.4 is 4.74 Å². The molecule has 0 atom stereocenters. The van der Waals surface area contributed by atoms with Gasteiger partial charge in [0, 0.05) is 11.1 Å². The maximum atomic E-state index is 10.9. The number of nitro groups is 1. The average Bonchev–Trinajstić information content (AvgIpc) is 2.44. The molecule has 0 spiro atoms. The van der Waals surface area contributed by atoms with Crippen molar-refractivity contribution in [1.82, 2.24) is 4.98 Å². The third-order valence-electron chi connectivity index (χ3n) is 2.52. The number of aromatic carboxylic acids is 1. The average molecular weight is 309 g/mol. The molecule has 0 saturated heterocycles. The van der Waals surface area contributed by atoms with Gasteiger partial charge in [0.2, 0.25) is 0 Å². The molecule has 108 valence electrons. The number of nitrogens with zero attached hydrogens (tertiary/aromatic N) is 2. The number of benzene rings is 1. The van der Waals surface area contributed by atoms with Gasteiger partial charge in [-0.15, -0.1) is 0 Å². The molecule has 21 heavy (non-hydrogen) atoms. The molecule has 0 aliphatic heterocycles. The Morgan fingerprint density at radius 2 is 2.14 bits per heavy atom. The number of rotatable bonds is 5.